The largest absolute Gasteiger partial charge is 0.399 e. The highest BCUT2D eigenvalue weighted by Crippen LogP contribution is 2.27. The summed E-state index contributed by atoms with van der Waals surface area (Å²) in [6.07, 6.45) is 2.19. The van der Waals surface area contributed by atoms with Crippen molar-refractivity contribution in [2.45, 2.75) is 12.8 Å². The van der Waals surface area contributed by atoms with Crippen LogP contribution >= 0.6 is 0 Å². The van der Waals surface area contributed by atoms with Gasteiger partial charge in [0.15, 0.2) is 5.78 Å². The van der Waals surface area contributed by atoms with Gasteiger partial charge in [0.1, 0.15) is 0 Å². The van der Waals surface area contributed by atoms with Crippen LogP contribution in [0.5, 0.6) is 0 Å². The molecule has 1 aliphatic rings. The summed E-state index contributed by atoms with van der Waals surface area (Å²) < 4.78 is 0. The first-order chi connectivity index (χ1) is 9.65. The van der Waals surface area contributed by atoms with Crippen molar-refractivity contribution in [3.05, 3.63) is 59.2 Å². The van der Waals surface area contributed by atoms with Gasteiger partial charge in [0.05, 0.1) is 0 Å². The van der Waals surface area contributed by atoms with Gasteiger partial charge in [0.2, 0.25) is 0 Å². The van der Waals surface area contributed by atoms with Gasteiger partial charge in [-0.2, -0.15) is 0 Å². The zero-order chi connectivity index (χ0) is 14.1. The molecule has 2 aromatic rings. The highest BCUT2D eigenvalue weighted by atomic mass is 16.1. The second-order valence-electron chi connectivity index (χ2n) is 5.32. The molecule has 0 spiro atoms. The van der Waals surface area contributed by atoms with E-state index in [9.17, 15) is 4.79 Å². The Morgan fingerprint density at radius 3 is 2.55 bits per heavy atom. The minimum atomic E-state index is 0.0565. The quantitative estimate of drug-likeness (QED) is 0.671. The summed E-state index contributed by atoms with van der Waals surface area (Å²) in [6.45, 7) is 1.08. The number of aryl methyl sites for hydroxylation is 1. The number of benzene rings is 2. The molecule has 0 amide bonds. The van der Waals surface area contributed by atoms with Gasteiger partial charge in [-0.3, -0.25) is 4.79 Å². The van der Waals surface area contributed by atoms with Gasteiger partial charge in [0.25, 0.3) is 0 Å². The van der Waals surface area contributed by atoms with Crippen LogP contribution in [0.4, 0.5) is 11.4 Å². The van der Waals surface area contributed by atoms with E-state index in [1.165, 1.54) is 11.3 Å². The van der Waals surface area contributed by atoms with Crippen molar-refractivity contribution in [1.29, 1.82) is 0 Å². The summed E-state index contributed by atoms with van der Waals surface area (Å²) in [5.41, 5.74) is 10.3. The summed E-state index contributed by atoms with van der Waals surface area (Å²) in [5.74, 6) is 0.0565. The fourth-order valence-corrected chi connectivity index (χ4v) is 2.73. The molecule has 0 saturated heterocycles. The predicted molar refractivity (Wildman–Crippen MR) is 82.3 cm³/mol. The molecule has 0 radical (unpaired) electrons. The Labute approximate surface area is 119 Å². The van der Waals surface area contributed by atoms with Crippen molar-refractivity contribution in [3.63, 3.8) is 0 Å². The molecular formula is C17H18N2O. The third-order valence-electron chi connectivity index (χ3n) is 3.87. The number of carbonyl (C=O) groups is 1. The normalized spacial score (nSPS) is 13.9. The Morgan fingerprint density at radius 1 is 1.10 bits per heavy atom. The van der Waals surface area contributed by atoms with Gasteiger partial charge in [-0.05, 0) is 60.9 Å². The van der Waals surface area contributed by atoms with Crippen LogP contribution in [0.15, 0.2) is 42.5 Å². The molecule has 0 aromatic heterocycles. The van der Waals surface area contributed by atoms with E-state index < -0.39 is 0 Å². The van der Waals surface area contributed by atoms with Crippen molar-refractivity contribution in [3.8, 4) is 0 Å². The summed E-state index contributed by atoms with van der Waals surface area (Å²) in [6, 6.07) is 13.1. The maximum atomic E-state index is 12.5. The fourth-order valence-electron chi connectivity index (χ4n) is 2.73. The molecule has 1 heterocycles. The lowest BCUT2D eigenvalue weighted by molar-refractivity contribution is 0.103. The third kappa shape index (κ3) is 2.27. The second-order valence-corrected chi connectivity index (χ2v) is 5.32. The number of ketones is 1. The smallest absolute Gasteiger partial charge is 0.193 e. The van der Waals surface area contributed by atoms with Crippen LogP contribution in [0, 0.1) is 0 Å². The number of nitrogens with two attached hydrogens (primary N) is 1. The number of hydrogen-bond acceptors (Lipinski definition) is 3. The van der Waals surface area contributed by atoms with Crippen LogP contribution in [-0.2, 0) is 6.42 Å². The number of nitrogens with zero attached hydrogens (tertiary/aromatic N) is 1. The lowest BCUT2D eigenvalue weighted by atomic mass is 9.96. The number of hydrogen-bond donors (Lipinski definition) is 1. The molecule has 0 fully saturated rings. The number of rotatable bonds is 2. The van der Waals surface area contributed by atoms with Gasteiger partial charge < -0.3 is 10.6 Å². The van der Waals surface area contributed by atoms with E-state index in [-0.39, 0.29) is 5.78 Å². The number of anilines is 2. The first kappa shape index (κ1) is 12.7. The van der Waals surface area contributed by atoms with E-state index >= 15 is 0 Å². The topological polar surface area (TPSA) is 46.3 Å². The Kier molecular flexibility index (Phi) is 3.18. The van der Waals surface area contributed by atoms with Crippen LogP contribution in [0.3, 0.4) is 0 Å². The fraction of sp³-hybridized carbons (Fsp3) is 0.235. The van der Waals surface area contributed by atoms with E-state index in [4.69, 9.17) is 5.73 Å². The molecule has 0 aliphatic carbocycles. The first-order valence-electron chi connectivity index (χ1n) is 6.89. The molecule has 2 aromatic carbocycles. The average molecular weight is 266 g/mol. The Bertz CT molecular complexity index is 647. The first-order valence-corrected chi connectivity index (χ1v) is 6.89. The van der Waals surface area contributed by atoms with Crippen molar-refractivity contribution in [2.24, 2.45) is 0 Å². The van der Waals surface area contributed by atoms with Gasteiger partial charge in [0, 0.05) is 36.1 Å². The highest BCUT2D eigenvalue weighted by Gasteiger charge is 2.16. The molecule has 3 heteroatoms. The molecule has 0 atom stereocenters. The summed E-state index contributed by atoms with van der Waals surface area (Å²) in [4.78, 5) is 14.7. The van der Waals surface area contributed by atoms with Gasteiger partial charge in [-0.1, -0.05) is 0 Å². The maximum absolute atomic E-state index is 12.5. The SMILES string of the molecule is CN1CCCc2cc(C(=O)c3ccc(N)cc3)ccc21. The van der Waals surface area contributed by atoms with E-state index in [0.29, 0.717) is 11.3 Å². The molecule has 2 N–H and O–H groups in total. The average Bonchev–Trinajstić information content (AvgIpc) is 2.47. The molecular weight excluding hydrogens is 248 g/mol. The van der Waals surface area contributed by atoms with Gasteiger partial charge >= 0.3 is 0 Å². The van der Waals surface area contributed by atoms with Crippen LogP contribution in [-0.4, -0.2) is 19.4 Å². The van der Waals surface area contributed by atoms with E-state index in [2.05, 4.69) is 18.0 Å². The Balaban J connectivity index is 1.94. The highest BCUT2D eigenvalue weighted by molar-refractivity contribution is 6.09. The minimum Gasteiger partial charge on any atom is -0.399 e. The second kappa shape index (κ2) is 5.00. The zero-order valence-corrected chi connectivity index (χ0v) is 11.6. The van der Waals surface area contributed by atoms with Crippen molar-refractivity contribution < 1.29 is 4.79 Å². The molecule has 20 heavy (non-hydrogen) atoms. The van der Waals surface area contributed by atoms with Crippen molar-refractivity contribution >= 4 is 17.2 Å². The Hall–Kier alpha value is -2.29. The molecule has 102 valence electrons. The maximum Gasteiger partial charge on any atom is 0.193 e. The molecule has 0 saturated carbocycles. The third-order valence-corrected chi connectivity index (χ3v) is 3.87. The van der Waals surface area contributed by atoms with E-state index in [0.717, 1.165) is 24.9 Å². The number of carbonyl (C=O) groups excluding carboxylic acids is 1. The van der Waals surface area contributed by atoms with Crippen LogP contribution in [0.25, 0.3) is 0 Å². The van der Waals surface area contributed by atoms with E-state index in [1.54, 1.807) is 24.3 Å². The number of nitrogen functional groups attached to an aromatic ring is 1. The molecule has 3 rings (SSSR count). The zero-order valence-electron chi connectivity index (χ0n) is 11.6. The van der Waals surface area contributed by atoms with Gasteiger partial charge in [-0.15, -0.1) is 0 Å². The van der Waals surface area contributed by atoms with Crippen molar-refractivity contribution in [2.75, 3.05) is 24.2 Å². The van der Waals surface area contributed by atoms with Crippen LogP contribution in [0.1, 0.15) is 27.9 Å². The molecule has 0 bridgehead atoms. The van der Waals surface area contributed by atoms with Crippen LogP contribution < -0.4 is 10.6 Å². The summed E-state index contributed by atoms with van der Waals surface area (Å²) >= 11 is 0. The van der Waals surface area contributed by atoms with Gasteiger partial charge in [-0.25, -0.2) is 0 Å². The van der Waals surface area contributed by atoms with Crippen molar-refractivity contribution in [1.82, 2.24) is 0 Å². The molecule has 3 nitrogen and oxygen atoms in total. The molecule has 0 unspecified atom stereocenters. The summed E-state index contributed by atoms with van der Waals surface area (Å²) in [5, 5.41) is 0. The minimum absolute atomic E-state index is 0.0565. The summed E-state index contributed by atoms with van der Waals surface area (Å²) in [7, 11) is 2.10. The lowest BCUT2D eigenvalue weighted by Crippen LogP contribution is -2.24. The lowest BCUT2D eigenvalue weighted by Gasteiger charge is -2.27. The monoisotopic (exact) mass is 266 g/mol. The Morgan fingerprint density at radius 2 is 1.80 bits per heavy atom. The number of fused-ring (bicyclic) bond motifs is 1. The van der Waals surface area contributed by atoms with Crippen LogP contribution in [0.2, 0.25) is 0 Å². The standard InChI is InChI=1S/C17H18N2O/c1-19-10-2-3-13-11-14(6-9-16(13)19)17(20)12-4-7-15(18)8-5-12/h4-9,11H,2-3,10,18H2,1H3. The molecule has 1 aliphatic heterocycles. The predicted octanol–water partition coefficient (Wildman–Crippen LogP) is 2.88. The van der Waals surface area contributed by atoms with E-state index in [1.807, 2.05) is 12.1 Å².